The van der Waals surface area contributed by atoms with Crippen LogP contribution in [-0.4, -0.2) is 47.4 Å². The molecule has 0 aliphatic carbocycles. The van der Waals surface area contributed by atoms with E-state index in [0.29, 0.717) is 0 Å². The Bertz CT molecular complexity index is 826. The lowest BCUT2D eigenvalue weighted by Crippen LogP contribution is -2.42. The maximum atomic E-state index is 12.1. The third-order valence-electron chi connectivity index (χ3n) is 4.15. The molecule has 0 aromatic heterocycles. The van der Waals surface area contributed by atoms with Gasteiger partial charge >= 0.3 is 12.1 Å². The van der Waals surface area contributed by atoms with Crippen LogP contribution in [0.25, 0.3) is 0 Å². The lowest BCUT2D eigenvalue weighted by Gasteiger charge is -2.18. The van der Waals surface area contributed by atoms with E-state index in [2.05, 4.69) is 10.3 Å². The van der Waals surface area contributed by atoms with Crippen molar-refractivity contribution < 1.29 is 29.3 Å². The van der Waals surface area contributed by atoms with Crippen molar-refractivity contribution in [3.8, 4) is 0 Å². The Hall–Kier alpha value is -3.39. The quantitative estimate of drug-likeness (QED) is 0.406. The van der Waals surface area contributed by atoms with Crippen molar-refractivity contribution in [1.82, 2.24) is 5.32 Å². The minimum Gasteiger partial charge on any atom is -0.481 e. The second-order valence-electron chi connectivity index (χ2n) is 6.37. The Morgan fingerprint density at radius 3 is 2.23 bits per heavy atom. The molecule has 160 valence electrons. The highest BCUT2D eigenvalue weighted by Crippen LogP contribution is 2.18. The Balaban J connectivity index is 2.05. The van der Waals surface area contributed by atoms with Crippen LogP contribution in [0.5, 0.6) is 0 Å². The first-order chi connectivity index (χ1) is 14.5. The summed E-state index contributed by atoms with van der Waals surface area (Å²) in [5.74, 6) is -1.13. The second-order valence-corrected chi connectivity index (χ2v) is 6.37. The van der Waals surface area contributed by atoms with Gasteiger partial charge in [0.05, 0.1) is 19.6 Å². The fourth-order valence-corrected chi connectivity index (χ4v) is 2.67. The number of aliphatic hydroxyl groups is 1. The Morgan fingerprint density at radius 1 is 1.03 bits per heavy atom. The van der Waals surface area contributed by atoms with Gasteiger partial charge in [0.2, 0.25) is 0 Å². The van der Waals surface area contributed by atoms with Crippen molar-refractivity contribution in [3.63, 3.8) is 0 Å². The maximum Gasteiger partial charge on any atom is 0.408 e. The first-order valence-electron chi connectivity index (χ1n) is 9.58. The van der Waals surface area contributed by atoms with E-state index in [1.54, 1.807) is 19.1 Å². The zero-order valence-electron chi connectivity index (χ0n) is 16.7. The Kier molecular flexibility index (Phi) is 9.33. The van der Waals surface area contributed by atoms with E-state index in [-0.39, 0.29) is 32.1 Å². The molecule has 2 aromatic carbocycles. The standard InChI is InChI=1S/C22H26N2O6/c1-2-29-20(23-19(14-25)17-11-7-4-8-12-17)13-18(21(26)27)24-22(28)30-15-16-9-5-3-6-10-16/h3-12,18-19,25H,2,13-15H2,1H3,(H,24,28)(H,26,27)/t18-,19-/m0/s1. The topological polar surface area (TPSA) is 117 Å². The summed E-state index contributed by atoms with van der Waals surface area (Å²) in [6.07, 6.45) is -1.05. The predicted octanol–water partition coefficient (Wildman–Crippen LogP) is 2.92. The largest absolute Gasteiger partial charge is 0.481 e. The van der Waals surface area contributed by atoms with Crippen molar-refractivity contribution in [2.45, 2.75) is 32.0 Å². The molecule has 0 saturated carbocycles. The fraction of sp³-hybridized carbons (Fsp3) is 0.318. The zero-order chi connectivity index (χ0) is 21.8. The first-order valence-corrected chi connectivity index (χ1v) is 9.58. The molecule has 0 bridgehead atoms. The number of aliphatic carboxylic acids is 1. The molecule has 30 heavy (non-hydrogen) atoms. The van der Waals surface area contributed by atoms with E-state index in [1.165, 1.54) is 0 Å². The summed E-state index contributed by atoms with van der Waals surface area (Å²) in [5.41, 5.74) is 1.55. The molecule has 0 saturated heterocycles. The molecular formula is C22H26N2O6. The van der Waals surface area contributed by atoms with Gasteiger partial charge in [-0.2, -0.15) is 0 Å². The molecule has 2 aromatic rings. The molecule has 0 aliphatic rings. The van der Waals surface area contributed by atoms with Gasteiger partial charge in [0, 0.05) is 0 Å². The number of carbonyl (C=O) groups is 2. The molecule has 0 spiro atoms. The molecule has 0 radical (unpaired) electrons. The van der Waals surface area contributed by atoms with Crippen molar-refractivity contribution in [3.05, 3.63) is 71.8 Å². The number of aliphatic hydroxyl groups excluding tert-OH is 1. The number of nitrogens with one attached hydrogen (secondary N) is 1. The van der Waals surface area contributed by atoms with Crippen LogP contribution >= 0.6 is 0 Å². The average Bonchev–Trinajstić information content (AvgIpc) is 2.76. The molecule has 3 N–H and O–H groups in total. The van der Waals surface area contributed by atoms with Crippen molar-refractivity contribution in [2.75, 3.05) is 13.2 Å². The number of amides is 1. The summed E-state index contributed by atoms with van der Waals surface area (Å²) in [6, 6.07) is 16.2. The molecule has 2 atom stereocenters. The maximum absolute atomic E-state index is 12.1. The molecule has 8 heteroatoms. The molecule has 0 fully saturated rings. The van der Waals surface area contributed by atoms with E-state index in [1.807, 2.05) is 48.5 Å². The third-order valence-corrected chi connectivity index (χ3v) is 4.15. The van der Waals surface area contributed by atoms with Crippen LogP contribution in [0, 0.1) is 0 Å². The van der Waals surface area contributed by atoms with Crippen LogP contribution in [0.1, 0.15) is 30.5 Å². The third kappa shape index (κ3) is 7.56. The minimum atomic E-state index is -1.30. The lowest BCUT2D eigenvalue weighted by atomic mass is 10.1. The molecule has 0 aliphatic heterocycles. The number of carbonyl (C=O) groups excluding carboxylic acids is 1. The normalized spacial score (nSPS) is 13.2. The minimum absolute atomic E-state index is 0.0199. The number of rotatable bonds is 10. The number of aliphatic imine (C=N–C) groups is 1. The molecule has 0 heterocycles. The van der Waals surface area contributed by atoms with Crippen LogP contribution in [0.4, 0.5) is 4.79 Å². The number of carboxylic acid groups (broad SMARTS) is 1. The summed E-state index contributed by atoms with van der Waals surface area (Å²) < 4.78 is 10.6. The highest BCUT2D eigenvalue weighted by Gasteiger charge is 2.24. The van der Waals surface area contributed by atoms with Gasteiger partial charge in [-0.3, -0.25) is 0 Å². The van der Waals surface area contributed by atoms with Gasteiger partial charge in [0.25, 0.3) is 0 Å². The van der Waals surface area contributed by atoms with E-state index >= 15 is 0 Å². The average molecular weight is 414 g/mol. The Morgan fingerprint density at radius 2 is 1.67 bits per heavy atom. The van der Waals surface area contributed by atoms with Crippen LogP contribution in [-0.2, 0) is 20.9 Å². The monoisotopic (exact) mass is 414 g/mol. The van der Waals surface area contributed by atoms with Crippen molar-refractivity contribution in [1.29, 1.82) is 0 Å². The lowest BCUT2D eigenvalue weighted by molar-refractivity contribution is -0.139. The first kappa shape index (κ1) is 22.9. The summed E-state index contributed by atoms with van der Waals surface area (Å²) in [5, 5.41) is 21.5. The number of carboxylic acids is 1. The second kappa shape index (κ2) is 12.2. The molecule has 2 rings (SSSR count). The number of hydrogen-bond acceptors (Lipinski definition) is 6. The number of hydrogen-bond donors (Lipinski definition) is 3. The summed E-state index contributed by atoms with van der Waals surface area (Å²) >= 11 is 0. The van der Waals surface area contributed by atoms with Gasteiger partial charge in [-0.25, -0.2) is 14.6 Å². The van der Waals surface area contributed by atoms with E-state index in [9.17, 15) is 19.8 Å². The van der Waals surface area contributed by atoms with Crippen LogP contribution in [0.2, 0.25) is 0 Å². The van der Waals surface area contributed by atoms with Crippen LogP contribution in [0.15, 0.2) is 65.7 Å². The highest BCUT2D eigenvalue weighted by molar-refractivity contribution is 5.87. The SMILES string of the molecule is CCOC(C[C@H](NC(=O)OCc1ccccc1)C(=O)O)=N[C@@H](CO)c1ccccc1. The summed E-state index contributed by atoms with van der Waals surface area (Å²) in [4.78, 5) is 28.1. The van der Waals surface area contributed by atoms with E-state index in [0.717, 1.165) is 11.1 Å². The Labute approximate surface area is 175 Å². The summed E-state index contributed by atoms with van der Waals surface area (Å²) in [7, 11) is 0. The molecule has 8 nitrogen and oxygen atoms in total. The van der Waals surface area contributed by atoms with Gasteiger partial charge in [0.15, 0.2) is 5.90 Å². The van der Waals surface area contributed by atoms with Crippen LogP contribution in [0.3, 0.4) is 0 Å². The predicted molar refractivity (Wildman–Crippen MR) is 111 cm³/mol. The smallest absolute Gasteiger partial charge is 0.408 e. The highest BCUT2D eigenvalue weighted by atomic mass is 16.5. The number of alkyl carbamates (subject to hydrolysis) is 1. The number of benzene rings is 2. The van der Waals surface area contributed by atoms with E-state index in [4.69, 9.17) is 9.47 Å². The van der Waals surface area contributed by atoms with Crippen LogP contribution < -0.4 is 5.32 Å². The van der Waals surface area contributed by atoms with E-state index < -0.39 is 24.1 Å². The van der Waals surface area contributed by atoms with Crippen molar-refractivity contribution in [2.24, 2.45) is 4.99 Å². The summed E-state index contributed by atoms with van der Waals surface area (Å²) in [6.45, 7) is 1.75. The number of ether oxygens (including phenoxy) is 2. The molecular weight excluding hydrogens is 388 g/mol. The number of nitrogens with zero attached hydrogens (tertiary/aromatic N) is 1. The molecule has 0 unspecified atom stereocenters. The zero-order valence-corrected chi connectivity index (χ0v) is 16.7. The molecule has 1 amide bonds. The van der Waals surface area contributed by atoms with Gasteiger partial charge in [-0.1, -0.05) is 60.7 Å². The van der Waals surface area contributed by atoms with Gasteiger partial charge in [0.1, 0.15) is 18.7 Å². The fourth-order valence-electron chi connectivity index (χ4n) is 2.67. The van der Waals surface area contributed by atoms with Gasteiger partial charge in [-0.05, 0) is 18.1 Å². The van der Waals surface area contributed by atoms with Gasteiger partial charge in [-0.15, -0.1) is 0 Å². The van der Waals surface area contributed by atoms with Crippen molar-refractivity contribution >= 4 is 18.0 Å². The van der Waals surface area contributed by atoms with Gasteiger partial charge < -0.3 is 25.0 Å².